The second-order valence-electron chi connectivity index (χ2n) is 4.31. The zero-order chi connectivity index (χ0) is 14.7. The summed E-state index contributed by atoms with van der Waals surface area (Å²) in [4.78, 5) is 10.5. The van der Waals surface area contributed by atoms with Crippen molar-refractivity contribution in [3.8, 4) is 0 Å². The summed E-state index contributed by atoms with van der Waals surface area (Å²) in [5.41, 5.74) is 1.80. The number of benzene rings is 2. The molecule has 0 fully saturated rings. The fourth-order valence-corrected chi connectivity index (χ4v) is 2.14. The Kier molecular flexibility index (Phi) is 4.20. The molecule has 6 heteroatoms. The van der Waals surface area contributed by atoms with E-state index >= 15 is 0 Å². The van der Waals surface area contributed by atoms with Crippen LogP contribution in [-0.2, 0) is 6.54 Å². The van der Waals surface area contributed by atoms with Crippen molar-refractivity contribution in [2.75, 3.05) is 5.32 Å². The summed E-state index contributed by atoms with van der Waals surface area (Å²) in [6.07, 6.45) is 0. The van der Waals surface area contributed by atoms with Crippen LogP contribution in [0.25, 0.3) is 0 Å². The van der Waals surface area contributed by atoms with Crippen LogP contribution in [0.1, 0.15) is 11.1 Å². The molecule has 4 nitrogen and oxygen atoms in total. The van der Waals surface area contributed by atoms with E-state index in [2.05, 4.69) is 5.32 Å². The Bertz CT molecular complexity index is 662. The molecule has 0 atom stereocenters. The van der Waals surface area contributed by atoms with Gasteiger partial charge in [-0.2, -0.15) is 0 Å². The number of nitrogens with zero attached hydrogens (tertiary/aromatic N) is 1. The summed E-state index contributed by atoms with van der Waals surface area (Å²) in [7, 11) is 0. The second kappa shape index (κ2) is 5.88. The highest BCUT2D eigenvalue weighted by molar-refractivity contribution is 6.31. The molecular weight excluding hydrogens is 283 g/mol. The SMILES string of the molecule is Cc1cc(F)ccc1NCc1c(Cl)cccc1[N+](=O)[O-]. The molecule has 2 aromatic rings. The molecule has 0 aliphatic carbocycles. The monoisotopic (exact) mass is 294 g/mol. The fourth-order valence-electron chi connectivity index (χ4n) is 1.90. The lowest BCUT2D eigenvalue weighted by molar-refractivity contribution is -0.385. The Labute approximate surface area is 120 Å². The van der Waals surface area contributed by atoms with Crippen molar-refractivity contribution >= 4 is 23.0 Å². The maximum Gasteiger partial charge on any atom is 0.275 e. The lowest BCUT2D eigenvalue weighted by Crippen LogP contribution is -2.05. The van der Waals surface area contributed by atoms with Crippen molar-refractivity contribution < 1.29 is 9.31 Å². The molecule has 0 heterocycles. The van der Waals surface area contributed by atoms with E-state index in [9.17, 15) is 14.5 Å². The second-order valence-corrected chi connectivity index (χ2v) is 4.71. The Hall–Kier alpha value is -2.14. The lowest BCUT2D eigenvalue weighted by Gasteiger charge is -2.11. The van der Waals surface area contributed by atoms with Crippen LogP contribution in [0.15, 0.2) is 36.4 Å². The normalized spacial score (nSPS) is 10.3. The molecule has 104 valence electrons. The molecule has 20 heavy (non-hydrogen) atoms. The average molecular weight is 295 g/mol. The number of aryl methyl sites for hydroxylation is 1. The first-order valence-electron chi connectivity index (χ1n) is 5.91. The zero-order valence-corrected chi connectivity index (χ0v) is 11.4. The molecule has 0 saturated carbocycles. The number of nitro benzene ring substituents is 1. The number of halogens is 2. The van der Waals surface area contributed by atoms with Crippen LogP contribution in [0.5, 0.6) is 0 Å². The fraction of sp³-hybridized carbons (Fsp3) is 0.143. The van der Waals surface area contributed by atoms with E-state index in [1.807, 2.05) is 0 Å². The van der Waals surface area contributed by atoms with E-state index in [-0.39, 0.29) is 18.0 Å². The molecule has 1 N–H and O–H groups in total. The number of rotatable bonds is 4. The van der Waals surface area contributed by atoms with Gasteiger partial charge in [-0.3, -0.25) is 10.1 Å². The van der Waals surface area contributed by atoms with Crippen LogP contribution >= 0.6 is 11.6 Å². The molecule has 0 spiro atoms. The van der Waals surface area contributed by atoms with E-state index in [0.29, 0.717) is 16.3 Å². The van der Waals surface area contributed by atoms with Crippen LogP contribution in [0.4, 0.5) is 15.8 Å². The summed E-state index contributed by atoms with van der Waals surface area (Å²) >= 11 is 6.00. The first kappa shape index (κ1) is 14.3. The van der Waals surface area contributed by atoms with Crippen molar-refractivity contribution in [1.29, 1.82) is 0 Å². The van der Waals surface area contributed by atoms with Crippen molar-refractivity contribution in [3.63, 3.8) is 0 Å². The maximum absolute atomic E-state index is 13.0. The first-order valence-corrected chi connectivity index (χ1v) is 6.28. The van der Waals surface area contributed by atoms with Gasteiger partial charge < -0.3 is 5.32 Å². The molecule has 0 aliphatic heterocycles. The topological polar surface area (TPSA) is 55.2 Å². The summed E-state index contributed by atoms with van der Waals surface area (Å²) in [5.74, 6) is -0.322. The van der Waals surface area contributed by atoms with Gasteiger partial charge in [0.2, 0.25) is 0 Å². The Morgan fingerprint density at radius 2 is 2.10 bits per heavy atom. The van der Waals surface area contributed by atoms with Crippen molar-refractivity contribution in [2.45, 2.75) is 13.5 Å². The Morgan fingerprint density at radius 3 is 2.75 bits per heavy atom. The molecular formula is C14H12ClFN2O2. The van der Waals surface area contributed by atoms with Gasteiger partial charge in [0.25, 0.3) is 5.69 Å². The highest BCUT2D eigenvalue weighted by atomic mass is 35.5. The van der Waals surface area contributed by atoms with E-state index in [1.54, 1.807) is 19.1 Å². The Balaban J connectivity index is 2.25. The van der Waals surface area contributed by atoms with E-state index in [0.717, 1.165) is 5.56 Å². The predicted molar refractivity (Wildman–Crippen MR) is 76.6 cm³/mol. The third-order valence-corrected chi connectivity index (χ3v) is 3.29. The molecule has 0 radical (unpaired) electrons. The molecule has 0 unspecified atom stereocenters. The third kappa shape index (κ3) is 3.05. The van der Waals surface area contributed by atoms with Crippen LogP contribution in [0.3, 0.4) is 0 Å². The first-order chi connectivity index (χ1) is 9.49. The highest BCUT2D eigenvalue weighted by Gasteiger charge is 2.16. The summed E-state index contributed by atoms with van der Waals surface area (Å²) in [5, 5.41) is 14.3. The number of hydrogen-bond acceptors (Lipinski definition) is 3. The van der Waals surface area contributed by atoms with Gasteiger partial charge in [0.05, 0.1) is 15.5 Å². The van der Waals surface area contributed by atoms with E-state index in [1.165, 1.54) is 24.3 Å². The quantitative estimate of drug-likeness (QED) is 0.675. The van der Waals surface area contributed by atoms with Gasteiger partial charge in [-0.05, 0) is 36.8 Å². The van der Waals surface area contributed by atoms with Gasteiger partial charge in [-0.15, -0.1) is 0 Å². The smallest absolute Gasteiger partial charge is 0.275 e. The summed E-state index contributed by atoms with van der Waals surface area (Å²) < 4.78 is 13.0. The van der Waals surface area contributed by atoms with Crippen molar-refractivity contribution in [1.82, 2.24) is 0 Å². The number of anilines is 1. The predicted octanol–water partition coefficient (Wildman–Crippen LogP) is 4.31. The minimum absolute atomic E-state index is 0.0373. The lowest BCUT2D eigenvalue weighted by atomic mass is 10.1. The van der Waals surface area contributed by atoms with Gasteiger partial charge >= 0.3 is 0 Å². The summed E-state index contributed by atoms with van der Waals surface area (Å²) in [6, 6.07) is 8.85. The maximum atomic E-state index is 13.0. The third-order valence-electron chi connectivity index (χ3n) is 2.93. The standard InChI is InChI=1S/C14H12ClFN2O2/c1-9-7-10(16)5-6-13(9)17-8-11-12(15)3-2-4-14(11)18(19)20/h2-7,17H,8H2,1H3. The minimum atomic E-state index is -0.472. The average Bonchev–Trinajstić information content (AvgIpc) is 2.38. The summed E-state index contributed by atoms with van der Waals surface area (Å²) in [6.45, 7) is 1.95. The zero-order valence-electron chi connectivity index (χ0n) is 10.7. The van der Waals surface area contributed by atoms with Crippen LogP contribution < -0.4 is 5.32 Å². The molecule has 2 rings (SSSR count). The molecule has 0 bridgehead atoms. The van der Waals surface area contributed by atoms with E-state index in [4.69, 9.17) is 11.6 Å². The minimum Gasteiger partial charge on any atom is -0.380 e. The number of nitro groups is 1. The van der Waals surface area contributed by atoms with Gasteiger partial charge in [-0.25, -0.2) is 4.39 Å². The van der Waals surface area contributed by atoms with Crippen LogP contribution in [0.2, 0.25) is 5.02 Å². The van der Waals surface area contributed by atoms with E-state index < -0.39 is 4.92 Å². The van der Waals surface area contributed by atoms with Gasteiger partial charge in [0.15, 0.2) is 0 Å². The molecule has 0 aliphatic rings. The largest absolute Gasteiger partial charge is 0.380 e. The van der Waals surface area contributed by atoms with Crippen LogP contribution in [-0.4, -0.2) is 4.92 Å². The van der Waals surface area contributed by atoms with Gasteiger partial charge in [-0.1, -0.05) is 17.7 Å². The van der Waals surface area contributed by atoms with Crippen molar-refractivity contribution in [2.24, 2.45) is 0 Å². The highest BCUT2D eigenvalue weighted by Crippen LogP contribution is 2.27. The molecule has 2 aromatic carbocycles. The molecule has 0 amide bonds. The molecule has 0 saturated heterocycles. The van der Waals surface area contributed by atoms with Crippen LogP contribution in [0, 0.1) is 22.9 Å². The van der Waals surface area contributed by atoms with Gasteiger partial charge in [0.1, 0.15) is 5.82 Å². The van der Waals surface area contributed by atoms with Crippen molar-refractivity contribution in [3.05, 3.63) is 68.5 Å². The number of nitrogens with one attached hydrogen (secondary N) is 1. The van der Waals surface area contributed by atoms with Gasteiger partial charge in [0, 0.05) is 18.3 Å². The Morgan fingerprint density at radius 1 is 1.35 bits per heavy atom. The number of hydrogen-bond donors (Lipinski definition) is 1. The molecule has 0 aromatic heterocycles.